The molecule has 3 fully saturated rings. The Hall–Kier alpha value is -2.59. The number of alkyl halides is 2. The summed E-state index contributed by atoms with van der Waals surface area (Å²) in [6.07, 6.45) is 7.81. The normalized spacial score (nSPS) is 24.0. The van der Waals surface area contributed by atoms with Crippen molar-refractivity contribution in [3.8, 4) is 0 Å². The molecule has 4 unspecified atom stereocenters. The van der Waals surface area contributed by atoms with Gasteiger partial charge >= 0.3 is 6.09 Å². The second kappa shape index (κ2) is 14.9. The summed E-state index contributed by atoms with van der Waals surface area (Å²) in [7, 11) is 0. The molecule has 3 N–H and O–H groups in total. The molecule has 2 saturated carbocycles. The van der Waals surface area contributed by atoms with Gasteiger partial charge in [-0.25, -0.2) is 4.79 Å². The summed E-state index contributed by atoms with van der Waals surface area (Å²) >= 11 is 13.1. The molecule has 0 bridgehead atoms. The number of nitrogens with zero attached hydrogens (tertiary/aromatic N) is 1. The number of carbonyl (C=O) groups is 5. The maximum absolute atomic E-state index is 14.3. The quantitative estimate of drug-likeness (QED) is 0.138. The summed E-state index contributed by atoms with van der Waals surface area (Å²) in [5.41, 5.74) is -0.867. The summed E-state index contributed by atoms with van der Waals surface area (Å²) < 4.78 is 4.60. The molecule has 252 valence electrons. The van der Waals surface area contributed by atoms with E-state index in [0.717, 1.165) is 32.1 Å². The lowest BCUT2D eigenvalue weighted by atomic mass is 9.83. The number of hydrogen-bond donors (Lipinski definition) is 3. The predicted molar refractivity (Wildman–Crippen MR) is 175 cm³/mol. The minimum atomic E-state index is -1.22. The van der Waals surface area contributed by atoms with E-state index in [9.17, 15) is 24.0 Å². The number of alkyl carbamates (subject to hydrolysis) is 1. The van der Waals surface area contributed by atoms with Gasteiger partial charge in [-0.15, -0.1) is 36.4 Å². The van der Waals surface area contributed by atoms with Crippen LogP contribution < -0.4 is 16.0 Å². The fourth-order valence-electron chi connectivity index (χ4n) is 7.10. The number of fused-ring (bicyclic) bond motifs is 1. The third kappa shape index (κ3) is 9.47. The monoisotopic (exact) mass is 668 g/mol. The fourth-order valence-corrected chi connectivity index (χ4v) is 7.93. The average molecular weight is 670 g/mol. The van der Waals surface area contributed by atoms with E-state index in [-0.39, 0.29) is 36.8 Å². The topological polar surface area (TPSA) is 134 Å². The van der Waals surface area contributed by atoms with Crippen LogP contribution in [0.25, 0.3) is 0 Å². The lowest BCUT2D eigenvalue weighted by Gasteiger charge is -2.37. The van der Waals surface area contributed by atoms with E-state index < -0.39 is 63.6 Å². The van der Waals surface area contributed by atoms with Crippen molar-refractivity contribution in [1.29, 1.82) is 0 Å². The molecule has 0 radical (unpaired) electrons. The summed E-state index contributed by atoms with van der Waals surface area (Å²) in [5.74, 6) is -3.79. The number of amides is 4. The number of halogens is 2. The highest BCUT2D eigenvalue weighted by Gasteiger charge is 2.74. The second-order valence-corrected chi connectivity index (χ2v) is 15.9. The molecule has 1 heterocycles. The van der Waals surface area contributed by atoms with Crippen LogP contribution in [-0.4, -0.2) is 75.6 Å². The maximum Gasteiger partial charge on any atom is 0.408 e. The molecular formula is C33H50Cl2N4O6. The molecule has 3 rings (SSSR count). The Kier molecular flexibility index (Phi) is 12.2. The molecule has 10 nitrogen and oxygen atoms in total. The first-order valence-electron chi connectivity index (χ1n) is 16.0. The van der Waals surface area contributed by atoms with Crippen LogP contribution in [0.1, 0.15) is 86.0 Å². The van der Waals surface area contributed by atoms with Crippen LogP contribution in [0.4, 0.5) is 4.79 Å². The van der Waals surface area contributed by atoms with E-state index in [0.29, 0.717) is 12.8 Å². The number of likely N-dealkylation sites (tertiary alicyclic amines) is 1. The van der Waals surface area contributed by atoms with E-state index >= 15 is 0 Å². The Labute approximate surface area is 277 Å². The van der Waals surface area contributed by atoms with Gasteiger partial charge in [0.25, 0.3) is 5.91 Å². The van der Waals surface area contributed by atoms with Crippen LogP contribution in [0.2, 0.25) is 0 Å². The van der Waals surface area contributed by atoms with Crippen LogP contribution in [0.5, 0.6) is 0 Å². The van der Waals surface area contributed by atoms with Crippen LogP contribution in [-0.2, 0) is 23.9 Å². The van der Waals surface area contributed by atoms with Gasteiger partial charge in [0.05, 0.1) is 6.04 Å². The number of carbonyl (C=O) groups excluding carboxylic acids is 5. The van der Waals surface area contributed by atoms with E-state index in [1.54, 1.807) is 6.08 Å². The minimum absolute atomic E-state index is 0.0909. The SMILES string of the molecule is C=CCCC(NC(=O)[C@@H]1C2C(CN1C(=O)C(NC(=O)OC(C)(C)CC(C)(C)C)C1CCCCC1)C2(Cl)Cl)C(=O)C(=O)NCC=C. The number of piperidine rings is 1. The maximum atomic E-state index is 14.3. The van der Waals surface area contributed by atoms with E-state index in [2.05, 4.69) is 49.9 Å². The fraction of sp³-hybridized carbons (Fsp3) is 0.727. The first kappa shape index (κ1) is 36.9. The number of allylic oxidation sites excluding steroid dienone is 1. The molecule has 5 atom stereocenters. The number of Topliss-reactive ketones (excluding diaryl/α,β-unsaturated/α-hetero) is 1. The molecule has 45 heavy (non-hydrogen) atoms. The summed E-state index contributed by atoms with van der Waals surface area (Å²) in [6, 6.07) is -3.16. The van der Waals surface area contributed by atoms with Crippen LogP contribution in [0.15, 0.2) is 25.3 Å². The number of ketones is 1. The van der Waals surface area contributed by atoms with Gasteiger partial charge < -0.3 is 25.6 Å². The summed E-state index contributed by atoms with van der Waals surface area (Å²) in [6.45, 7) is 17.3. The van der Waals surface area contributed by atoms with Crippen molar-refractivity contribution in [3.63, 3.8) is 0 Å². The van der Waals surface area contributed by atoms with Crippen LogP contribution in [0, 0.1) is 23.2 Å². The van der Waals surface area contributed by atoms with Gasteiger partial charge in [0.2, 0.25) is 17.6 Å². The Morgan fingerprint density at radius 1 is 1.00 bits per heavy atom. The lowest BCUT2D eigenvalue weighted by Crippen LogP contribution is -2.60. The first-order valence-corrected chi connectivity index (χ1v) is 16.7. The van der Waals surface area contributed by atoms with Crippen molar-refractivity contribution >= 4 is 52.8 Å². The molecule has 3 aliphatic rings. The van der Waals surface area contributed by atoms with Gasteiger partial charge in [-0.3, -0.25) is 19.2 Å². The molecule has 2 aliphatic carbocycles. The zero-order valence-corrected chi connectivity index (χ0v) is 28.8. The highest BCUT2D eigenvalue weighted by Crippen LogP contribution is 2.65. The van der Waals surface area contributed by atoms with Gasteiger partial charge in [-0.05, 0) is 57.3 Å². The van der Waals surface area contributed by atoms with Crippen molar-refractivity contribution in [3.05, 3.63) is 25.3 Å². The first-order chi connectivity index (χ1) is 20.9. The molecule has 0 aromatic rings. The summed E-state index contributed by atoms with van der Waals surface area (Å²) in [4.78, 5) is 68.3. The highest BCUT2D eigenvalue weighted by molar-refractivity contribution is 6.51. The van der Waals surface area contributed by atoms with Crippen molar-refractivity contribution in [2.75, 3.05) is 13.1 Å². The number of rotatable bonds is 14. The van der Waals surface area contributed by atoms with Crippen molar-refractivity contribution in [2.24, 2.45) is 23.2 Å². The van der Waals surface area contributed by atoms with Gasteiger partial charge in [-0.2, -0.15) is 0 Å². The second-order valence-electron chi connectivity index (χ2n) is 14.4. The van der Waals surface area contributed by atoms with Crippen LogP contribution >= 0.6 is 23.2 Å². The number of hydrogen-bond acceptors (Lipinski definition) is 6. The van der Waals surface area contributed by atoms with E-state index in [4.69, 9.17) is 27.9 Å². The van der Waals surface area contributed by atoms with Gasteiger partial charge in [0.1, 0.15) is 22.0 Å². The lowest BCUT2D eigenvalue weighted by molar-refractivity contribution is -0.144. The zero-order valence-electron chi connectivity index (χ0n) is 27.3. The van der Waals surface area contributed by atoms with Crippen molar-refractivity contribution < 1.29 is 28.7 Å². The minimum Gasteiger partial charge on any atom is -0.444 e. The van der Waals surface area contributed by atoms with E-state index in [1.807, 2.05) is 13.8 Å². The molecule has 0 aromatic carbocycles. The molecule has 0 spiro atoms. The van der Waals surface area contributed by atoms with Gasteiger partial charge in [0.15, 0.2) is 0 Å². The number of nitrogens with one attached hydrogen (secondary N) is 3. The third-order valence-corrected chi connectivity index (χ3v) is 9.86. The average Bonchev–Trinajstić information content (AvgIpc) is 3.27. The summed E-state index contributed by atoms with van der Waals surface area (Å²) in [5, 5.41) is 8.00. The number of ether oxygens (including phenoxy) is 1. The standard InChI is InChI=1S/C33H50Cl2N4O6/c1-8-10-16-22(26(40)28(42)36-17-9-2)37-27(41)25-23-21(33(23,34)35)18-39(25)29(43)24(20-14-12-11-13-15-20)38-30(44)45-32(6,7)19-31(3,4)5/h8-9,20-25H,1-2,10-19H2,3-7H3,(H,36,42)(H,37,41)(H,38,44)/t21?,22?,23?,24?,25-/m0/s1. The van der Waals surface area contributed by atoms with E-state index in [1.165, 1.54) is 11.0 Å². The predicted octanol–water partition coefficient (Wildman–Crippen LogP) is 4.83. The third-order valence-electron chi connectivity index (χ3n) is 8.79. The van der Waals surface area contributed by atoms with Crippen molar-refractivity contribution in [2.45, 2.75) is 114 Å². The Bertz CT molecular complexity index is 1160. The van der Waals surface area contributed by atoms with Gasteiger partial charge in [-0.1, -0.05) is 52.2 Å². The zero-order chi connectivity index (χ0) is 33.7. The molecule has 12 heteroatoms. The molecule has 1 aliphatic heterocycles. The Morgan fingerprint density at radius 2 is 1.64 bits per heavy atom. The largest absolute Gasteiger partial charge is 0.444 e. The van der Waals surface area contributed by atoms with Gasteiger partial charge in [0, 0.05) is 24.9 Å². The molecular weight excluding hydrogens is 619 g/mol. The highest BCUT2D eigenvalue weighted by atomic mass is 35.5. The Balaban J connectivity index is 1.85. The Morgan fingerprint density at radius 3 is 2.22 bits per heavy atom. The molecule has 0 aromatic heterocycles. The van der Waals surface area contributed by atoms with Crippen molar-refractivity contribution in [1.82, 2.24) is 20.9 Å². The smallest absolute Gasteiger partial charge is 0.408 e. The van der Waals surface area contributed by atoms with Crippen LogP contribution in [0.3, 0.4) is 0 Å². The molecule has 4 amide bonds. The molecule has 1 saturated heterocycles.